The Kier molecular flexibility index (Phi) is 2.86. The van der Waals surface area contributed by atoms with E-state index in [1.54, 1.807) is 12.1 Å². The first-order valence-corrected chi connectivity index (χ1v) is 4.91. The second-order valence-corrected chi connectivity index (χ2v) is 3.46. The molecule has 0 atom stereocenters. The van der Waals surface area contributed by atoms with Gasteiger partial charge in [0.15, 0.2) is 0 Å². The first-order chi connectivity index (χ1) is 7.68. The van der Waals surface area contributed by atoms with Gasteiger partial charge in [-0.25, -0.2) is 0 Å². The minimum Gasteiger partial charge on any atom is -0.342 e. The summed E-state index contributed by atoms with van der Waals surface area (Å²) in [4.78, 5) is 10.1. The van der Waals surface area contributed by atoms with Crippen LogP contribution in [0.25, 0.3) is 0 Å². The van der Waals surface area contributed by atoms with Gasteiger partial charge in [-0.1, -0.05) is 0 Å². The van der Waals surface area contributed by atoms with Gasteiger partial charge in [-0.2, -0.15) is 0 Å². The van der Waals surface area contributed by atoms with Crippen LogP contribution in [0.5, 0.6) is 0 Å². The first-order valence-electron chi connectivity index (χ1n) is 4.91. The van der Waals surface area contributed by atoms with Gasteiger partial charge in [-0.15, -0.1) is 0 Å². The summed E-state index contributed by atoms with van der Waals surface area (Å²) in [6.07, 6.45) is 0. The third-order valence-corrected chi connectivity index (χ3v) is 2.54. The molecule has 86 valence electrons. The summed E-state index contributed by atoms with van der Waals surface area (Å²) in [5.41, 5.74) is 6.36. The lowest BCUT2D eigenvalue weighted by Gasteiger charge is -2.25. The van der Waals surface area contributed by atoms with Crippen molar-refractivity contribution < 1.29 is 14.4 Å². The molecule has 0 bridgehead atoms. The van der Waals surface area contributed by atoms with E-state index in [2.05, 4.69) is 0 Å². The van der Waals surface area contributed by atoms with Crippen molar-refractivity contribution in [1.82, 2.24) is 0 Å². The van der Waals surface area contributed by atoms with Crippen molar-refractivity contribution in [2.24, 2.45) is 5.73 Å². The standard InChI is InChI=1S/C10H12N2O4/c11-7-10(15-5-6-16-10)8-1-3-9(4-2-8)12(13)14/h1-4H,5-7,11H2. The molecule has 0 radical (unpaired) electrons. The molecule has 1 aliphatic heterocycles. The first kappa shape index (κ1) is 11.0. The van der Waals surface area contributed by atoms with Crippen LogP contribution < -0.4 is 5.73 Å². The normalized spacial score (nSPS) is 18.6. The van der Waals surface area contributed by atoms with E-state index in [0.29, 0.717) is 18.8 Å². The lowest BCUT2D eigenvalue weighted by molar-refractivity contribution is -0.384. The van der Waals surface area contributed by atoms with Crippen molar-refractivity contribution in [2.45, 2.75) is 5.79 Å². The minimum atomic E-state index is -0.935. The topological polar surface area (TPSA) is 87.6 Å². The fraction of sp³-hybridized carbons (Fsp3) is 0.400. The molecule has 6 heteroatoms. The van der Waals surface area contributed by atoms with Crippen LogP contribution in [-0.4, -0.2) is 24.7 Å². The Morgan fingerprint density at radius 3 is 2.31 bits per heavy atom. The molecule has 0 spiro atoms. The van der Waals surface area contributed by atoms with Gasteiger partial charge in [-0.3, -0.25) is 10.1 Å². The van der Waals surface area contributed by atoms with E-state index in [-0.39, 0.29) is 12.2 Å². The van der Waals surface area contributed by atoms with Gasteiger partial charge in [0, 0.05) is 17.7 Å². The quantitative estimate of drug-likeness (QED) is 0.604. The number of non-ortho nitro benzene ring substituents is 1. The molecule has 0 aliphatic carbocycles. The summed E-state index contributed by atoms with van der Waals surface area (Å²) < 4.78 is 10.9. The fourth-order valence-electron chi connectivity index (χ4n) is 1.69. The summed E-state index contributed by atoms with van der Waals surface area (Å²) in [6.45, 7) is 1.15. The third kappa shape index (κ3) is 1.78. The second-order valence-electron chi connectivity index (χ2n) is 3.46. The van der Waals surface area contributed by atoms with Crippen molar-refractivity contribution in [3.8, 4) is 0 Å². The molecule has 0 saturated carbocycles. The molecule has 1 aromatic carbocycles. The SMILES string of the molecule is NCC1(c2ccc([N+](=O)[O-])cc2)OCCO1. The van der Waals surface area contributed by atoms with Gasteiger partial charge in [0.25, 0.3) is 5.69 Å². The van der Waals surface area contributed by atoms with Crippen molar-refractivity contribution in [1.29, 1.82) is 0 Å². The highest BCUT2D eigenvalue weighted by atomic mass is 16.7. The molecule has 16 heavy (non-hydrogen) atoms. The van der Waals surface area contributed by atoms with Gasteiger partial charge in [0.1, 0.15) is 0 Å². The molecular weight excluding hydrogens is 212 g/mol. The zero-order valence-electron chi connectivity index (χ0n) is 8.59. The zero-order valence-corrected chi connectivity index (χ0v) is 8.59. The lowest BCUT2D eigenvalue weighted by atomic mass is 10.1. The number of nitrogens with two attached hydrogens (primary N) is 1. The Morgan fingerprint density at radius 1 is 1.31 bits per heavy atom. The van der Waals surface area contributed by atoms with E-state index < -0.39 is 10.7 Å². The van der Waals surface area contributed by atoms with E-state index in [0.717, 1.165) is 0 Å². The maximum Gasteiger partial charge on any atom is 0.269 e. The molecule has 1 fully saturated rings. The summed E-state index contributed by atoms with van der Waals surface area (Å²) in [6, 6.07) is 6.04. The van der Waals surface area contributed by atoms with E-state index >= 15 is 0 Å². The molecule has 0 amide bonds. The third-order valence-electron chi connectivity index (χ3n) is 2.54. The molecule has 1 aliphatic rings. The van der Waals surface area contributed by atoms with Gasteiger partial charge in [0.2, 0.25) is 5.79 Å². The van der Waals surface area contributed by atoms with Crippen LogP contribution in [0.15, 0.2) is 24.3 Å². The number of nitro groups is 1. The van der Waals surface area contributed by atoms with Crippen molar-refractivity contribution in [3.05, 3.63) is 39.9 Å². The monoisotopic (exact) mass is 224 g/mol. The van der Waals surface area contributed by atoms with E-state index in [9.17, 15) is 10.1 Å². The highest BCUT2D eigenvalue weighted by Gasteiger charge is 2.37. The molecule has 1 aromatic rings. The van der Waals surface area contributed by atoms with Gasteiger partial charge in [0.05, 0.1) is 24.7 Å². The van der Waals surface area contributed by atoms with Gasteiger partial charge in [-0.05, 0) is 12.1 Å². The van der Waals surface area contributed by atoms with Crippen molar-refractivity contribution in [2.75, 3.05) is 19.8 Å². The predicted octanol–water partition coefficient (Wildman–Crippen LogP) is 0.753. The van der Waals surface area contributed by atoms with Gasteiger partial charge >= 0.3 is 0 Å². The molecule has 6 nitrogen and oxygen atoms in total. The molecule has 0 aromatic heterocycles. The number of nitro benzene ring substituents is 1. The minimum absolute atomic E-state index is 0.0360. The van der Waals surface area contributed by atoms with Crippen LogP contribution in [0.3, 0.4) is 0 Å². The molecule has 2 N–H and O–H groups in total. The summed E-state index contributed by atoms with van der Waals surface area (Å²) in [5.74, 6) is -0.935. The Labute approximate surface area is 92.1 Å². The number of benzene rings is 1. The van der Waals surface area contributed by atoms with Crippen LogP contribution >= 0.6 is 0 Å². The molecule has 1 heterocycles. The molecular formula is C10H12N2O4. The maximum absolute atomic E-state index is 10.5. The van der Waals surface area contributed by atoms with Crippen molar-refractivity contribution >= 4 is 5.69 Å². The average Bonchev–Trinajstić information content (AvgIpc) is 2.79. The number of hydrogen-bond donors (Lipinski definition) is 1. The highest BCUT2D eigenvalue weighted by Crippen LogP contribution is 2.31. The Balaban J connectivity index is 2.29. The summed E-state index contributed by atoms with van der Waals surface area (Å²) in [7, 11) is 0. The van der Waals surface area contributed by atoms with Gasteiger partial charge < -0.3 is 15.2 Å². The van der Waals surface area contributed by atoms with E-state index in [1.165, 1.54) is 12.1 Å². The van der Waals surface area contributed by atoms with E-state index in [4.69, 9.17) is 15.2 Å². The Bertz CT molecular complexity index is 384. The van der Waals surface area contributed by atoms with E-state index in [1.807, 2.05) is 0 Å². The highest BCUT2D eigenvalue weighted by molar-refractivity contribution is 5.35. The number of rotatable bonds is 3. The van der Waals surface area contributed by atoms with Crippen LogP contribution in [-0.2, 0) is 15.3 Å². The number of ether oxygens (including phenoxy) is 2. The molecule has 0 unspecified atom stereocenters. The maximum atomic E-state index is 10.5. The largest absolute Gasteiger partial charge is 0.342 e. The Hall–Kier alpha value is -1.50. The number of hydrogen-bond acceptors (Lipinski definition) is 5. The van der Waals surface area contributed by atoms with Crippen LogP contribution in [0.2, 0.25) is 0 Å². The number of nitrogens with zero attached hydrogens (tertiary/aromatic N) is 1. The molecule has 2 rings (SSSR count). The zero-order chi connectivity index (χ0) is 11.6. The lowest BCUT2D eigenvalue weighted by Crippen LogP contribution is -2.36. The van der Waals surface area contributed by atoms with Crippen molar-refractivity contribution in [3.63, 3.8) is 0 Å². The summed E-state index contributed by atoms with van der Waals surface area (Å²) >= 11 is 0. The second kappa shape index (κ2) is 4.17. The smallest absolute Gasteiger partial charge is 0.269 e. The van der Waals surface area contributed by atoms with Crippen LogP contribution in [0.1, 0.15) is 5.56 Å². The van der Waals surface area contributed by atoms with Crippen LogP contribution in [0, 0.1) is 10.1 Å². The Morgan fingerprint density at radius 2 is 1.88 bits per heavy atom. The fourth-order valence-corrected chi connectivity index (χ4v) is 1.69. The average molecular weight is 224 g/mol. The summed E-state index contributed by atoms with van der Waals surface area (Å²) in [5, 5.41) is 10.5. The predicted molar refractivity (Wildman–Crippen MR) is 55.7 cm³/mol. The molecule has 1 saturated heterocycles. The van der Waals surface area contributed by atoms with Crippen LogP contribution in [0.4, 0.5) is 5.69 Å².